The molecule has 0 radical (unpaired) electrons. The second-order valence-electron chi connectivity index (χ2n) is 6.60. The number of hydrogen-bond donors (Lipinski definition) is 0. The lowest BCUT2D eigenvalue weighted by Gasteiger charge is -2.11. The van der Waals surface area contributed by atoms with Gasteiger partial charge < -0.3 is 4.57 Å². The van der Waals surface area contributed by atoms with Gasteiger partial charge in [0.05, 0.1) is 22.6 Å². The topological polar surface area (TPSA) is 17.8 Å². The summed E-state index contributed by atoms with van der Waals surface area (Å²) >= 11 is 7.83. The van der Waals surface area contributed by atoms with Crippen LogP contribution >= 0.6 is 23.4 Å². The van der Waals surface area contributed by atoms with Crippen molar-refractivity contribution in [3.8, 4) is 11.4 Å². The van der Waals surface area contributed by atoms with Crippen LogP contribution in [0.25, 0.3) is 22.4 Å². The van der Waals surface area contributed by atoms with Crippen molar-refractivity contribution in [1.82, 2.24) is 9.55 Å². The first-order chi connectivity index (χ1) is 13.7. The zero-order valence-electron chi connectivity index (χ0n) is 15.5. The summed E-state index contributed by atoms with van der Waals surface area (Å²) in [7, 11) is 0. The Morgan fingerprint density at radius 1 is 1.04 bits per heavy atom. The molecule has 0 saturated carbocycles. The van der Waals surface area contributed by atoms with Crippen molar-refractivity contribution in [2.24, 2.45) is 0 Å². The van der Waals surface area contributed by atoms with Crippen molar-refractivity contribution in [1.29, 1.82) is 0 Å². The highest BCUT2D eigenvalue weighted by atomic mass is 35.5. The van der Waals surface area contributed by atoms with Crippen LogP contribution in [0, 0.1) is 5.82 Å². The summed E-state index contributed by atoms with van der Waals surface area (Å²) in [6, 6.07) is 21.4. The van der Waals surface area contributed by atoms with E-state index in [2.05, 4.69) is 23.6 Å². The predicted octanol–water partition coefficient (Wildman–Crippen LogP) is 7.05. The van der Waals surface area contributed by atoms with Crippen LogP contribution in [0.3, 0.4) is 0 Å². The predicted molar refractivity (Wildman–Crippen MR) is 117 cm³/mol. The van der Waals surface area contributed by atoms with Gasteiger partial charge in [0.1, 0.15) is 11.6 Å². The molecule has 2 nitrogen and oxygen atoms in total. The molecule has 28 heavy (non-hydrogen) atoms. The summed E-state index contributed by atoms with van der Waals surface area (Å²) in [6.07, 6.45) is 1.12. The number of nitrogens with zero attached hydrogens (tertiary/aromatic N) is 2. The molecule has 0 atom stereocenters. The fourth-order valence-corrected chi connectivity index (χ4v) is 4.21. The van der Waals surface area contributed by atoms with Gasteiger partial charge in [0.25, 0.3) is 0 Å². The molecular weight excluding hydrogens is 391 g/mol. The van der Waals surface area contributed by atoms with Gasteiger partial charge in [0.15, 0.2) is 0 Å². The zero-order chi connectivity index (χ0) is 19.5. The molecule has 142 valence electrons. The second kappa shape index (κ2) is 8.38. The minimum Gasteiger partial charge on any atom is -0.319 e. The van der Waals surface area contributed by atoms with Gasteiger partial charge in [0, 0.05) is 16.0 Å². The summed E-state index contributed by atoms with van der Waals surface area (Å²) in [5, 5.41) is 0.141. The van der Waals surface area contributed by atoms with Crippen molar-refractivity contribution in [3.63, 3.8) is 0 Å². The van der Waals surface area contributed by atoms with Gasteiger partial charge in [-0.05, 0) is 36.4 Å². The van der Waals surface area contributed by atoms with Crippen LogP contribution in [-0.2, 0) is 6.54 Å². The lowest BCUT2D eigenvalue weighted by molar-refractivity contribution is 0.602. The van der Waals surface area contributed by atoms with Gasteiger partial charge in [-0.15, -0.1) is 11.8 Å². The van der Waals surface area contributed by atoms with Crippen LogP contribution in [0.5, 0.6) is 0 Å². The Labute approximate surface area is 173 Å². The van der Waals surface area contributed by atoms with E-state index in [0.717, 1.165) is 34.6 Å². The van der Waals surface area contributed by atoms with E-state index in [9.17, 15) is 4.39 Å². The lowest BCUT2D eigenvalue weighted by Crippen LogP contribution is -2.04. The number of thioether (sulfide) groups is 1. The number of halogens is 2. The van der Waals surface area contributed by atoms with Gasteiger partial charge in [-0.3, -0.25) is 0 Å². The molecule has 0 spiro atoms. The van der Waals surface area contributed by atoms with Gasteiger partial charge in [0.2, 0.25) is 0 Å². The van der Waals surface area contributed by atoms with Gasteiger partial charge >= 0.3 is 0 Å². The molecule has 0 bridgehead atoms. The van der Waals surface area contributed by atoms with Gasteiger partial charge in [-0.1, -0.05) is 61.0 Å². The lowest BCUT2D eigenvalue weighted by atomic mass is 10.2. The van der Waals surface area contributed by atoms with E-state index >= 15 is 0 Å². The number of aromatic nitrogens is 2. The summed E-state index contributed by atoms with van der Waals surface area (Å²) in [5.74, 6) is 1.52. The third kappa shape index (κ3) is 3.80. The molecule has 0 aliphatic heterocycles. The SMILES string of the molecule is CCCSc1ccc2nc(-c3ccccc3)n(Cc3cccc(Cl)c3F)c2c1. The highest BCUT2D eigenvalue weighted by molar-refractivity contribution is 7.99. The fourth-order valence-electron chi connectivity index (χ4n) is 3.22. The summed E-state index contributed by atoms with van der Waals surface area (Å²) in [4.78, 5) is 6.05. The van der Waals surface area contributed by atoms with E-state index in [4.69, 9.17) is 16.6 Å². The fraction of sp³-hybridized carbons (Fsp3) is 0.174. The number of rotatable bonds is 6. The summed E-state index contributed by atoms with van der Waals surface area (Å²) in [6.45, 7) is 2.54. The average Bonchev–Trinajstić information content (AvgIpc) is 3.08. The van der Waals surface area contributed by atoms with Crippen molar-refractivity contribution in [2.45, 2.75) is 24.8 Å². The summed E-state index contributed by atoms with van der Waals surface area (Å²) < 4.78 is 16.7. The van der Waals surface area contributed by atoms with E-state index in [1.165, 1.54) is 4.90 Å². The molecule has 0 unspecified atom stereocenters. The minimum absolute atomic E-state index is 0.141. The van der Waals surface area contributed by atoms with E-state index in [1.807, 2.05) is 48.2 Å². The molecule has 1 heterocycles. The Kier molecular flexibility index (Phi) is 5.69. The van der Waals surface area contributed by atoms with E-state index in [0.29, 0.717) is 12.1 Å². The van der Waals surface area contributed by atoms with Crippen molar-refractivity contribution >= 4 is 34.4 Å². The number of hydrogen-bond acceptors (Lipinski definition) is 2. The Bertz CT molecular complexity index is 1110. The maximum Gasteiger partial charge on any atom is 0.146 e. The van der Waals surface area contributed by atoms with Gasteiger partial charge in [-0.2, -0.15) is 0 Å². The van der Waals surface area contributed by atoms with Crippen molar-refractivity contribution in [2.75, 3.05) is 5.75 Å². The quantitative estimate of drug-likeness (QED) is 0.317. The Morgan fingerprint density at radius 3 is 2.64 bits per heavy atom. The van der Waals surface area contributed by atoms with Crippen LogP contribution in [0.15, 0.2) is 71.6 Å². The van der Waals surface area contributed by atoms with E-state index in [1.54, 1.807) is 18.2 Å². The van der Waals surface area contributed by atoms with E-state index in [-0.39, 0.29) is 10.8 Å². The summed E-state index contributed by atoms with van der Waals surface area (Å²) in [5.41, 5.74) is 3.46. The highest BCUT2D eigenvalue weighted by Gasteiger charge is 2.16. The number of benzene rings is 3. The molecule has 0 saturated heterocycles. The molecule has 0 amide bonds. The smallest absolute Gasteiger partial charge is 0.146 e. The van der Waals surface area contributed by atoms with Crippen LogP contribution in [0.2, 0.25) is 5.02 Å². The average molecular weight is 411 g/mol. The standard InChI is InChI=1S/C23H20ClFN2S/c1-2-13-28-18-11-12-20-21(14-18)27(15-17-9-6-10-19(24)22(17)25)23(26-20)16-7-4-3-5-8-16/h3-12,14H,2,13,15H2,1H3. The minimum atomic E-state index is -0.374. The molecule has 0 N–H and O–H groups in total. The molecule has 0 aliphatic rings. The molecule has 5 heteroatoms. The first-order valence-electron chi connectivity index (χ1n) is 9.28. The molecule has 0 aliphatic carbocycles. The third-order valence-corrected chi connectivity index (χ3v) is 6.08. The molecular formula is C23H20ClFN2S. The van der Waals surface area contributed by atoms with Crippen LogP contribution in [0.4, 0.5) is 4.39 Å². The van der Waals surface area contributed by atoms with E-state index < -0.39 is 0 Å². The maximum absolute atomic E-state index is 14.6. The molecule has 1 aromatic heterocycles. The molecule has 4 rings (SSSR count). The van der Waals surface area contributed by atoms with Crippen LogP contribution in [-0.4, -0.2) is 15.3 Å². The van der Waals surface area contributed by atoms with Crippen LogP contribution < -0.4 is 0 Å². The number of fused-ring (bicyclic) bond motifs is 1. The first-order valence-corrected chi connectivity index (χ1v) is 10.6. The zero-order valence-corrected chi connectivity index (χ0v) is 17.1. The van der Waals surface area contributed by atoms with Crippen molar-refractivity contribution in [3.05, 3.63) is 83.1 Å². The van der Waals surface area contributed by atoms with Crippen LogP contribution in [0.1, 0.15) is 18.9 Å². The largest absolute Gasteiger partial charge is 0.319 e. The second-order valence-corrected chi connectivity index (χ2v) is 8.18. The molecule has 0 fully saturated rings. The third-order valence-electron chi connectivity index (χ3n) is 4.58. The highest BCUT2D eigenvalue weighted by Crippen LogP contribution is 2.30. The maximum atomic E-state index is 14.6. The van der Waals surface area contributed by atoms with Crippen molar-refractivity contribution < 1.29 is 4.39 Å². The monoisotopic (exact) mass is 410 g/mol. The Morgan fingerprint density at radius 2 is 1.86 bits per heavy atom. The van der Waals surface area contributed by atoms with Gasteiger partial charge in [-0.25, -0.2) is 9.37 Å². The molecule has 3 aromatic carbocycles. The number of imidazole rings is 1. The normalized spacial score (nSPS) is 11.2. The first kappa shape index (κ1) is 19.0. The molecule has 4 aromatic rings. The Hall–Kier alpha value is -2.30. The Balaban J connectivity index is 1.87.